The van der Waals surface area contributed by atoms with Gasteiger partial charge in [0, 0.05) is 39.0 Å². The van der Waals surface area contributed by atoms with Crippen molar-refractivity contribution >= 4 is 11.7 Å². The molecule has 5 nitrogen and oxygen atoms in total. The summed E-state index contributed by atoms with van der Waals surface area (Å²) < 4.78 is 5.55. The number of nitrogens with zero attached hydrogens (tertiary/aromatic N) is 3. The first-order valence-electron chi connectivity index (χ1n) is 8.86. The summed E-state index contributed by atoms with van der Waals surface area (Å²) in [6.07, 6.45) is 6.37. The van der Waals surface area contributed by atoms with Gasteiger partial charge in [-0.15, -0.1) is 0 Å². The van der Waals surface area contributed by atoms with E-state index in [1.54, 1.807) is 6.20 Å². The highest BCUT2D eigenvalue weighted by atomic mass is 16.5. The number of piperidine rings is 1. The van der Waals surface area contributed by atoms with Crippen molar-refractivity contribution in [1.29, 1.82) is 0 Å². The Labute approximate surface area is 138 Å². The van der Waals surface area contributed by atoms with Gasteiger partial charge in [-0.3, -0.25) is 4.79 Å². The zero-order valence-electron chi connectivity index (χ0n) is 14.0. The monoisotopic (exact) mass is 317 g/mol. The van der Waals surface area contributed by atoms with E-state index in [-0.39, 0.29) is 5.91 Å². The van der Waals surface area contributed by atoms with Crippen LogP contribution in [-0.4, -0.2) is 55.2 Å². The van der Waals surface area contributed by atoms with Crippen LogP contribution in [0.5, 0.6) is 0 Å². The molecule has 1 unspecified atom stereocenters. The largest absolute Gasteiger partial charge is 0.381 e. The van der Waals surface area contributed by atoms with Gasteiger partial charge in [0.05, 0.1) is 12.2 Å². The fourth-order valence-electron chi connectivity index (χ4n) is 3.59. The minimum atomic E-state index is 0.126. The van der Waals surface area contributed by atoms with Gasteiger partial charge >= 0.3 is 0 Å². The molecule has 1 aromatic rings. The van der Waals surface area contributed by atoms with Crippen molar-refractivity contribution in [2.75, 3.05) is 44.3 Å². The summed E-state index contributed by atoms with van der Waals surface area (Å²) in [5.41, 5.74) is 0.756. The fourth-order valence-corrected chi connectivity index (χ4v) is 3.59. The van der Waals surface area contributed by atoms with Gasteiger partial charge in [0.25, 0.3) is 5.91 Å². The van der Waals surface area contributed by atoms with E-state index in [2.05, 4.69) is 9.88 Å². The van der Waals surface area contributed by atoms with Crippen molar-refractivity contribution in [2.24, 2.45) is 5.92 Å². The zero-order valence-corrected chi connectivity index (χ0v) is 14.0. The predicted molar refractivity (Wildman–Crippen MR) is 90.8 cm³/mol. The van der Waals surface area contributed by atoms with Crippen molar-refractivity contribution in [3.63, 3.8) is 0 Å². The van der Waals surface area contributed by atoms with E-state index in [9.17, 15) is 4.79 Å². The maximum atomic E-state index is 13.0. The Morgan fingerprint density at radius 1 is 1.30 bits per heavy atom. The summed E-state index contributed by atoms with van der Waals surface area (Å²) in [4.78, 5) is 21.7. The molecule has 1 aromatic heterocycles. The lowest BCUT2D eigenvalue weighted by Crippen LogP contribution is -2.41. The quantitative estimate of drug-likeness (QED) is 0.837. The second kappa shape index (κ2) is 7.77. The van der Waals surface area contributed by atoms with Gasteiger partial charge in [0.2, 0.25) is 0 Å². The average Bonchev–Trinajstić information content (AvgIpc) is 3.14. The standard InChI is InChI=1S/C18H27N3O2/c1-2-23-14-15-7-6-12-21(13-15)18(22)16-8-5-9-19-17(16)20-10-3-4-11-20/h5,8-9,15H,2-4,6-7,10-14H2,1H3. The Morgan fingerprint density at radius 3 is 2.91 bits per heavy atom. The normalized spacial score (nSPS) is 21.7. The summed E-state index contributed by atoms with van der Waals surface area (Å²) in [5.74, 6) is 1.45. The van der Waals surface area contributed by atoms with Gasteiger partial charge in [-0.1, -0.05) is 0 Å². The Hall–Kier alpha value is -1.62. The van der Waals surface area contributed by atoms with Crippen LogP contribution in [0.3, 0.4) is 0 Å². The number of anilines is 1. The highest BCUT2D eigenvalue weighted by Crippen LogP contribution is 2.25. The highest BCUT2D eigenvalue weighted by molar-refractivity contribution is 5.99. The fraction of sp³-hybridized carbons (Fsp3) is 0.667. The summed E-state index contributed by atoms with van der Waals surface area (Å²) in [7, 11) is 0. The van der Waals surface area contributed by atoms with Crippen LogP contribution in [-0.2, 0) is 4.74 Å². The second-order valence-electron chi connectivity index (χ2n) is 6.49. The molecule has 2 aliphatic heterocycles. The van der Waals surface area contributed by atoms with Gasteiger partial charge in [0.15, 0.2) is 0 Å². The van der Waals surface area contributed by atoms with Crippen molar-refractivity contribution in [3.05, 3.63) is 23.9 Å². The van der Waals surface area contributed by atoms with Crippen LogP contribution in [0.4, 0.5) is 5.82 Å². The van der Waals surface area contributed by atoms with Gasteiger partial charge < -0.3 is 14.5 Å². The summed E-state index contributed by atoms with van der Waals surface area (Å²) in [6, 6.07) is 3.80. The maximum absolute atomic E-state index is 13.0. The molecular weight excluding hydrogens is 290 g/mol. The third-order valence-corrected chi connectivity index (χ3v) is 4.79. The molecule has 5 heteroatoms. The first kappa shape index (κ1) is 16.2. The van der Waals surface area contributed by atoms with E-state index in [0.717, 1.165) is 63.6 Å². The lowest BCUT2D eigenvalue weighted by molar-refractivity contribution is 0.0501. The van der Waals surface area contributed by atoms with E-state index in [1.807, 2.05) is 24.0 Å². The van der Waals surface area contributed by atoms with Gasteiger partial charge in [-0.25, -0.2) is 4.98 Å². The van der Waals surface area contributed by atoms with Gasteiger partial charge in [-0.2, -0.15) is 0 Å². The summed E-state index contributed by atoms with van der Waals surface area (Å²) in [5, 5.41) is 0. The Balaban J connectivity index is 1.72. The molecule has 0 N–H and O–H groups in total. The molecule has 1 amide bonds. The van der Waals surface area contributed by atoms with Gasteiger partial charge in [0.1, 0.15) is 5.82 Å². The maximum Gasteiger partial charge on any atom is 0.257 e. The number of rotatable bonds is 5. The molecule has 3 rings (SSSR count). The van der Waals surface area contributed by atoms with E-state index in [1.165, 1.54) is 12.8 Å². The number of amides is 1. The molecule has 3 heterocycles. The predicted octanol–water partition coefficient (Wildman–Crippen LogP) is 2.57. The van der Waals surface area contributed by atoms with Crippen molar-refractivity contribution in [1.82, 2.24) is 9.88 Å². The minimum Gasteiger partial charge on any atom is -0.381 e. The highest BCUT2D eigenvalue weighted by Gasteiger charge is 2.28. The zero-order chi connectivity index (χ0) is 16.1. The summed E-state index contributed by atoms with van der Waals surface area (Å²) >= 11 is 0. The molecule has 0 aromatic carbocycles. The number of pyridine rings is 1. The molecule has 0 bridgehead atoms. The van der Waals surface area contributed by atoms with E-state index in [0.29, 0.717) is 5.92 Å². The lowest BCUT2D eigenvalue weighted by Gasteiger charge is -2.33. The van der Waals surface area contributed by atoms with Crippen LogP contribution < -0.4 is 4.90 Å². The number of hydrogen-bond acceptors (Lipinski definition) is 4. The van der Waals surface area contributed by atoms with Gasteiger partial charge in [-0.05, 0) is 50.7 Å². The lowest BCUT2D eigenvalue weighted by atomic mass is 9.98. The number of hydrogen-bond donors (Lipinski definition) is 0. The Morgan fingerprint density at radius 2 is 2.13 bits per heavy atom. The number of carbonyl (C=O) groups is 1. The Kier molecular flexibility index (Phi) is 5.49. The second-order valence-corrected chi connectivity index (χ2v) is 6.49. The van der Waals surface area contributed by atoms with Crippen LogP contribution in [0.1, 0.15) is 43.0 Å². The summed E-state index contributed by atoms with van der Waals surface area (Å²) in [6.45, 7) is 7.17. The molecular formula is C18H27N3O2. The molecule has 2 fully saturated rings. The molecule has 0 saturated carbocycles. The van der Waals surface area contributed by atoms with Crippen LogP contribution in [0.25, 0.3) is 0 Å². The molecule has 1 atom stereocenters. The molecule has 2 saturated heterocycles. The average molecular weight is 317 g/mol. The first-order valence-corrected chi connectivity index (χ1v) is 8.86. The van der Waals surface area contributed by atoms with Crippen molar-refractivity contribution in [3.8, 4) is 0 Å². The number of aromatic nitrogens is 1. The number of carbonyl (C=O) groups excluding carboxylic acids is 1. The Bertz CT molecular complexity index is 529. The smallest absolute Gasteiger partial charge is 0.257 e. The first-order chi connectivity index (χ1) is 11.3. The van der Waals surface area contributed by atoms with E-state index in [4.69, 9.17) is 4.74 Å². The molecule has 0 aliphatic carbocycles. The van der Waals surface area contributed by atoms with Crippen LogP contribution in [0.2, 0.25) is 0 Å². The number of likely N-dealkylation sites (tertiary alicyclic amines) is 1. The van der Waals surface area contributed by atoms with Crippen LogP contribution in [0, 0.1) is 5.92 Å². The molecule has 126 valence electrons. The SMILES string of the molecule is CCOCC1CCCN(C(=O)c2cccnc2N2CCCC2)C1. The van der Waals surface area contributed by atoms with Crippen LogP contribution >= 0.6 is 0 Å². The third kappa shape index (κ3) is 3.83. The third-order valence-electron chi connectivity index (χ3n) is 4.79. The molecule has 0 spiro atoms. The van der Waals surface area contributed by atoms with Crippen LogP contribution in [0.15, 0.2) is 18.3 Å². The van der Waals surface area contributed by atoms with Crippen molar-refractivity contribution < 1.29 is 9.53 Å². The minimum absolute atomic E-state index is 0.126. The van der Waals surface area contributed by atoms with E-state index < -0.39 is 0 Å². The molecule has 2 aliphatic rings. The molecule has 23 heavy (non-hydrogen) atoms. The van der Waals surface area contributed by atoms with Crippen molar-refractivity contribution in [2.45, 2.75) is 32.6 Å². The molecule has 0 radical (unpaired) electrons. The van der Waals surface area contributed by atoms with E-state index >= 15 is 0 Å². The number of ether oxygens (including phenoxy) is 1. The topological polar surface area (TPSA) is 45.7 Å².